The van der Waals surface area contributed by atoms with Crippen LogP contribution in [0.25, 0.3) is 0 Å². The second-order valence-electron chi connectivity index (χ2n) is 4.27. The van der Waals surface area contributed by atoms with Gasteiger partial charge >= 0.3 is 6.18 Å². The maximum absolute atomic E-state index is 12.6. The van der Waals surface area contributed by atoms with E-state index < -0.39 is 11.7 Å². The van der Waals surface area contributed by atoms with E-state index in [1.807, 2.05) is 0 Å². The van der Waals surface area contributed by atoms with E-state index in [9.17, 15) is 18.0 Å². The first-order valence-corrected chi connectivity index (χ1v) is 5.88. The molecule has 0 fully saturated rings. The van der Waals surface area contributed by atoms with Gasteiger partial charge in [0.05, 0.1) is 12.1 Å². The van der Waals surface area contributed by atoms with Crippen molar-refractivity contribution < 1.29 is 22.4 Å². The lowest BCUT2D eigenvalue weighted by Crippen LogP contribution is -2.07. The summed E-state index contributed by atoms with van der Waals surface area (Å²) in [6.07, 6.45) is -4.57. The van der Waals surface area contributed by atoms with Crippen molar-refractivity contribution in [2.45, 2.75) is 19.1 Å². The third-order valence-electron chi connectivity index (χ3n) is 2.76. The van der Waals surface area contributed by atoms with Gasteiger partial charge in [0.25, 0.3) is 0 Å². The molecule has 0 unspecified atom stereocenters. The fraction of sp³-hybridized carbons (Fsp3) is 0.214. The van der Waals surface area contributed by atoms with Gasteiger partial charge in [-0.2, -0.15) is 13.2 Å². The molecule has 0 saturated carbocycles. The summed E-state index contributed by atoms with van der Waals surface area (Å²) in [5.41, 5.74) is 4.87. The standard InChI is InChI=1S/C14H12F3NO2/c15-14(16,17)10-3-1-2-9(6-10)7-12(19)13-5-4-11(8-18)20-13/h1-6H,7-8,18H2. The average molecular weight is 283 g/mol. The lowest BCUT2D eigenvalue weighted by molar-refractivity contribution is -0.137. The summed E-state index contributed by atoms with van der Waals surface area (Å²) in [6, 6.07) is 7.72. The lowest BCUT2D eigenvalue weighted by Gasteiger charge is -2.07. The summed E-state index contributed by atoms with van der Waals surface area (Å²) in [4.78, 5) is 11.9. The molecule has 106 valence electrons. The number of ketones is 1. The number of furan rings is 1. The predicted molar refractivity (Wildman–Crippen MR) is 66.1 cm³/mol. The van der Waals surface area contributed by atoms with Crippen molar-refractivity contribution in [1.29, 1.82) is 0 Å². The first-order valence-electron chi connectivity index (χ1n) is 5.88. The van der Waals surface area contributed by atoms with E-state index in [4.69, 9.17) is 10.2 Å². The van der Waals surface area contributed by atoms with Crippen molar-refractivity contribution in [1.82, 2.24) is 0 Å². The van der Waals surface area contributed by atoms with Gasteiger partial charge in [-0.3, -0.25) is 4.79 Å². The van der Waals surface area contributed by atoms with E-state index in [0.29, 0.717) is 5.76 Å². The van der Waals surface area contributed by atoms with Gasteiger partial charge < -0.3 is 10.2 Å². The van der Waals surface area contributed by atoms with Gasteiger partial charge in [0.2, 0.25) is 5.78 Å². The van der Waals surface area contributed by atoms with Gasteiger partial charge in [-0.15, -0.1) is 0 Å². The first-order chi connectivity index (χ1) is 9.40. The molecule has 0 atom stereocenters. The number of carbonyl (C=O) groups excluding carboxylic acids is 1. The van der Waals surface area contributed by atoms with Crippen molar-refractivity contribution in [3.05, 3.63) is 59.0 Å². The molecule has 2 rings (SSSR count). The van der Waals surface area contributed by atoms with Crippen LogP contribution in [-0.4, -0.2) is 5.78 Å². The SMILES string of the molecule is NCc1ccc(C(=O)Cc2cccc(C(F)(F)F)c2)o1. The van der Waals surface area contributed by atoms with Crippen LogP contribution >= 0.6 is 0 Å². The third kappa shape index (κ3) is 3.27. The molecule has 1 heterocycles. The van der Waals surface area contributed by atoms with Crippen LogP contribution in [0.4, 0.5) is 13.2 Å². The minimum Gasteiger partial charge on any atom is -0.457 e. The minimum atomic E-state index is -4.42. The molecule has 0 spiro atoms. The van der Waals surface area contributed by atoms with Gasteiger partial charge in [-0.05, 0) is 23.8 Å². The third-order valence-corrected chi connectivity index (χ3v) is 2.76. The fourth-order valence-electron chi connectivity index (χ4n) is 1.77. The molecule has 0 aliphatic carbocycles. The molecular weight excluding hydrogens is 271 g/mol. The van der Waals surface area contributed by atoms with E-state index in [1.54, 1.807) is 6.07 Å². The highest BCUT2D eigenvalue weighted by atomic mass is 19.4. The van der Waals surface area contributed by atoms with Gasteiger partial charge in [0, 0.05) is 6.42 Å². The van der Waals surface area contributed by atoms with Gasteiger partial charge in [-0.25, -0.2) is 0 Å². The van der Waals surface area contributed by atoms with Gasteiger partial charge in [0.1, 0.15) is 5.76 Å². The molecule has 2 N–H and O–H groups in total. The van der Waals surface area contributed by atoms with E-state index in [-0.39, 0.29) is 30.1 Å². The smallest absolute Gasteiger partial charge is 0.416 e. The Hall–Kier alpha value is -2.08. The van der Waals surface area contributed by atoms with Gasteiger partial charge in [0.15, 0.2) is 5.76 Å². The second kappa shape index (κ2) is 5.50. The van der Waals surface area contributed by atoms with E-state index in [1.165, 1.54) is 18.2 Å². The normalized spacial score (nSPS) is 11.6. The molecule has 6 heteroatoms. The number of hydrogen-bond acceptors (Lipinski definition) is 3. The molecule has 0 aliphatic rings. The number of hydrogen-bond donors (Lipinski definition) is 1. The number of benzene rings is 1. The number of alkyl halides is 3. The largest absolute Gasteiger partial charge is 0.457 e. The van der Waals surface area contributed by atoms with Crippen molar-refractivity contribution in [2.75, 3.05) is 0 Å². The summed E-state index contributed by atoms with van der Waals surface area (Å²) < 4.78 is 42.8. The highest BCUT2D eigenvalue weighted by Crippen LogP contribution is 2.29. The number of Topliss-reactive ketones (excluding diaryl/α,β-unsaturated/α-hetero) is 1. The monoisotopic (exact) mass is 283 g/mol. The summed E-state index contributed by atoms with van der Waals surface area (Å²) >= 11 is 0. The topological polar surface area (TPSA) is 56.2 Å². The Kier molecular flexibility index (Phi) is 3.94. The Labute approximate surface area is 113 Å². The summed E-state index contributed by atoms with van der Waals surface area (Å²) in [6.45, 7) is 0.164. The summed E-state index contributed by atoms with van der Waals surface area (Å²) in [5, 5.41) is 0. The lowest BCUT2D eigenvalue weighted by atomic mass is 10.0. The first kappa shape index (κ1) is 14.3. The second-order valence-corrected chi connectivity index (χ2v) is 4.27. The quantitative estimate of drug-likeness (QED) is 0.877. The minimum absolute atomic E-state index is 0.0999. The number of nitrogens with two attached hydrogens (primary N) is 1. The molecular formula is C14H12F3NO2. The maximum Gasteiger partial charge on any atom is 0.416 e. The molecule has 20 heavy (non-hydrogen) atoms. The molecule has 3 nitrogen and oxygen atoms in total. The molecule has 0 radical (unpaired) electrons. The van der Waals surface area contributed by atoms with Gasteiger partial charge in [-0.1, -0.05) is 18.2 Å². The van der Waals surface area contributed by atoms with Crippen LogP contribution in [-0.2, 0) is 19.1 Å². The van der Waals surface area contributed by atoms with Crippen molar-refractivity contribution in [3.63, 3.8) is 0 Å². The molecule has 1 aromatic heterocycles. The van der Waals surface area contributed by atoms with Crippen LogP contribution in [0.2, 0.25) is 0 Å². The molecule has 0 amide bonds. The molecule has 1 aromatic carbocycles. The van der Waals surface area contributed by atoms with Crippen molar-refractivity contribution >= 4 is 5.78 Å². The Morgan fingerprint density at radius 1 is 1.20 bits per heavy atom. The summed E-state index contributed by atoms with van der Waals surface area (Å²) in [5.74, 6) is 0.171. The van der Waals surface area contributed by atoms with Crippen LogP contribution in [0.5, 0.6) is 0 Å². The van der Waals surface area contributed by atoms with Crippen LogP contribution in [0.3, 0.4) is 0 Å². The van der Waals surface area contributed by atoms with Crippen LogP contribution < -0.4 is 5.73 Å². The average Bonchev–Trinajstić information content (AvgIpc) is 2.87. The molecule has 0 aliphatic heterocycles. The number of rotatable bonds is 4. The van der Waals surface area contributed by atoms with Crippen molar-refractivity contribution in [2.24, 2.45) is 5.73 Å². The molecule has 0 saturated heterocycles. The maximum atomic E-state index is 12.6. The zero-order valence-electron chi connectivity index (χ0n) is 10.4. The molecule has 2 aromatic rings. The Morgan fingerprint density at radius 2 is 1.95 bits per heavy atom. The van der Waals surface area contributed by atoms with E-state index in [2.05, 4.69) is 0 Å². The zero-order valence-corrected chi connectivity index (χ0v) is 10.4. The molecule has 0 bridgehead atoms. The van der Waals surface area contributed by atoms with Crippen LogP contribution in [0.1, 0.15) is 27.4 Å². The number of halogens is 3. The van der Waals surface area contributed by atoms with Crippen molar-refractivity contribution in [3.8, 4) is 0 Å². The number of carbonyl (C=O) groups is 1. The Morgan fingerprint density at radius 3 is 2.55 bits per heavy atom. The highest BCUT2D eigenvalue weighted by Gasteiger charge is 2.30. The predicted octanol–water partition coefficient (Wildman–Crippen LogP) is 3.18. The summed E-state index contributed by atoms with van der Waals surface area (Å²) in [7, 11) is 0. The fourth-order valence-corrected chi connectivity index (χ4v) is 1.77. The Bertz CT molecular complexity index is 617. The highest BCUT2D eigenvalue weighted by molar-refractivity contribution is 5.95. The zero-order chi connectivity index (χ0) is 14.8. The van der Waals surface area contributed by atoms with E-state index in [0.717, 1.165) is 12.1 Å². The van der Waals surface area contributed by atoms with Crippen LogP contribution in [0, 0.1) is 0 Å². The Balaban J connectivity index is 2.15. The van der Waals surface area contributed by atoms with E-state index >= 15 is 0 Å². The van der Waals surface area contributed by atoms with Crippen LogP contribution in [0.15, 0.2) is 40.8 Å².